The SMILES string of the molecule is Cc1cc(C(/C=C(\F)c2ccc(C(=O)CN(C)C(=O)NCC(C)(F)F)c(C(F)(F)F)c2)C(F)(F)F)cc(Cl)c1Cl. The summed E-state index contributed by atoms with van der Waals surface area (Å²) in [4.78, 5) is 25.0. The molecule has 2 rings (SSSR count). The molecule has 220 valence electrons. The summed E-state index contributed by atoms with van der Waals surface area (Å²) < 4.78 is 124. The number of hydrogen-bond acceptors (Lipinski definition) is 2. The number of alkyl halides is 8. The number of carbonyl (C=O) groups excluding carboxylic acids is 2. The molecule has 0 aliphatic carbocycles. The summed E-state index contributed by atoms with van der Waals surface area (Å²) in [6, 6.07) is 2.06. The monoisotopic (exact) mass is 622 g/mol. The predicted molar refractivity (Wildman–Crippen MR) is 132 cm³/mol. The van der Waals surface area contributed by atoms with Crippen LogP contribution in [0.3, 0.4) is 0 Å². The number of halogens is 11. The van der Waals surface area contributed by atoms with Crippen LogP contribution in [0.2, 0.25) is 10.0 Å². The number of rotatable bonds is 8. The summed E-state index contributed by atoms with van der Waals surface area (Å²) in [5.74, 6) is -8.86. The molecule has 0 aliphatic rings. The Morgan fingerprint density at radius 1 is 1.02 bits per heavy atom. The van der Waals surface area contributed by atoms with Crippen LogP contribution in [0.1, 0.15) is 45.5 Å². The molecule has 15 heteroatoms. The maximum absolute atomic E-state index is 15.0. The van der Waals surface area contributed by atoms with E-state index < -0.39 is 77.2 Å². The van der Waals surface area contributed by atoms with Gasteiger partial charge in [-0.05, 0) is 36.3 Å². The van der Waals surface area contributed by atoms with Crippen LogP contribution in [-0.4, -0.2) is 49.0 Å². The summed E-state index contributed by atoms with van der Waals surface area (Å²) in [6.07, 6.45) is -10.3. The molecule has 1 unspecified atom stereocenters. The van der Waals surface area contributed by atoms with Crippen molar-refractivity contribution in [1.29, 1.82) is 0 Å². The van der Waals surface area contributed by atoms with E-state index in [-0.39, 0.29) is 27.8 Å². The van der Waals surface area contributed by atoms with Crippen molar-refractivity contribution in [2.75, 3.05) is 20.1 Å². The molecule has 0 aromatic heterocycles. The van der Waals surface area contributed by atoms with Gasteiger partial charge in [0.25, 0.3) is 5.92 Å². The van der Waals surface area contributed by atoms with E-state index >= 15 is 4.39 Å². The number of Topliss-reactive ketones (excluding diaryl/α,β-unsaturated/α-hetero) is 1. The number of allylic oxidation sites excluding steroid dienone is 1. The fraction of sp³-hybridized carbons (Fsp3) is 0.360. The van der Waals surface area contributed by atoms with E-state index in [1.165, 1.54) is 6.92 Å². The summed E-state index contributed by atoms with van der Waals surface area (Å²) in [5, 5.41) is 1.52. The number of nitrogens with zero attached hydrogens (tertiary/aromatic N) is 1. The average molecular weight is 623 g/mol. The largest absolute Gasteiger partial charge is 0.417 e. The zero-order valence-electron chi connectivity index (χ0n) is 20.9. The van der Waals surface area contributed by atoms with Crippen LogP contribution in [0.25, 0.3) is 5.83 Å². The minimum Gasteiger partial charge on any atom is -0.332 e. The number of ketones is 1. The number of nitrogens with one attached hydrogen (secondary N) is 1. The van der Waals surface area contributed by atoms with Gasteiger partial charge >= 0.3 is 18.4 Å². The van der Waals surface area contributed by atoms with Crippen molar-refractivity contribution in [1.82, 2.24) is 10.2 Å². The fourth-order valence-electron chi connectivity index (χ4n) is 3.46. The fourth-order valence-corrected chi connectivity index (χ4v) is 3.85. The van der Waals surface area contributed by atoms with Crippen molar-refractivity contribution in [3.63, 3.8) is 0 Å². The average Bonchev–Trinajstić information content (AvgIpc) is 2.81. The van der Waals surface area contributed by atoms with E-state index in [2.05, 4.69) is 0 Å². The zero-order valence-corrected chi connectivity index (χ0v) is 22.4. The second-order valence-electron chi connectivity index (χ2n) is 8.93. The van der Waals surface area contributed by atoms with Crippen LogP contribution >= 0.6 is 23.2 Å². The smallest absolute Gasteiger partial charge is 0.332 e. The Kier molecular flexibility index (Phi) is 10.2. The molecule has 1 atom stereocenters. The van der Waals surface area contributed by atoms with Gasteiger partial charge in [0, 0.05) is 25.1 Å². The number of aryl methyl sites for hydroxylation is 1. The predicted octanol–water partition coefficient (Wildman–Crippen LogP) is 8.46. The topological polar surface area (TPSA) is 49.4 Å². The highest BCUT2D eigenvalue weighted by Gasteiger charge is 2.41. The molecule has 0 radical (unpaired) electrons. The number of hydrogen-bond donors (Lipinski definition) is 1. The lowest BCUT2D eigenvalue weighted by Gasteiger charge is -2.21. The third-order valence-electron chi connectivity index (χ3n) is 5.44. The molecule has 40 heavy (non-hydrogen) atoms. The quantitative estimate of drug-likeness (QED) is 0.237. The molecule has 0 saturated heterocycles. The minimum absolute atomic E-state index is 0.0303. The summed E-state index contributed by atoms with van der Waals surface area (Å²) >= 11 is 11.7. The summed E-state index contributed by atoms with van der Waals surface area (Å²) in [6.45, 7) is -0.212. The van der Waals surface area contributed by atoms with Gasteiger partial charge in [-0.3, -0.25) is 4.79 Å². The van der Waals surface area contributed by atoms with Gasteiger partial charge in [-0.25, -0.2) is 18.0 Å². The molecule has 0 fully saturated rings. The second kappa shape index (κ2) is 12.3. The van der Waals surface area contributed by atoms with Gasteiger partial charge in [0.05, 0.1) is 28.7 Å². The van der Waals surface area contributed by atoms with Gasteiger partial charge in [0.15, 0.2) is 5.78 Å². The van der Waals surface area contributed by atoms with Crippen LogP contribution in [0.15, 0.2) is 36.4 Å². The summed E-state index contributed by atoms with van der Waals surface area (Å²) in [7, 11) is 0.965. The van der Waals surface area contributed by atoms with Crippen molar-refractivity contribution < 1.29 is 49.1 Å². The Morgan fingerprint density at radius 3 is 2.12 bits per heavy atom. The van der Waals surface area contributed by atoms with E-state index in [0.29, 0.717) is 24.0 Å². The number of carbonyl (C=O) groups is 2. The third kappa shape index (κ3) is 8.79. The molecule has 0 bridgehead atoms. The first-order valence-electron chi connectivity index (χ1n) is 11.1. The van der Waals surface area contributed by atoms with E-state index in [4.69, 9.17) is 23.2 Å². The van der Waals surface area contributed by atoms with Gasteiger partial charge in [0.2, 0.25) is 0 Å². The molecule has 0 spiro atoms. The van der Waals surface area contributed by atoms with Gasteiger partial charge in [-0.15, -0.1) is 0 Å². The Hall–Kier alpha value is -2.93. The first kappa shape index (κ1) is 33.3. The molecule has 0 heterocycles. The van der Waals surface area contributed by atoms with Crippen LogP contribution < -0.4 is 5.32 Å². The lowest BCUT2D eigenvalue weighted by atomic mass is 9.94. The third-order valence-corrected chi connectivity index (χ3v) is 6.33. The molecule has 2 amide bonds. The van der Waals surface area contributed by atoms with Gasteiger partial charge in [0.1, 0.15) is 11.7 Å². The lowest BCUT2D eigenvalue weighted by Crippen LogP contribution is -2.44. The van der Waals surface area contributed by atoms with Crippen molar-refractivity contribution in [3.8, 4) is 0 Å². The maximum atomic E-state index is 15.0. The maximum Gasteiger partial charge on any atom is 0.417 e. The van der Waals surface area contributed by atoms with Crippen molar-refractivity contribution in [2.24, 2.45) is 0 Å². The van der Waals surface area contributed by atoms with Gasteiger partial charge < -0.3 is 10.2 Å². The minimum atomic E-state index is -5.25. The van der Waals surface area contributed by atoms with Crippen molar-refractivity contribution in [2.45, 2.75) is 38.0 Å². The van der Waals surface area contributed by atoms with E-state index in [0.717, 1.165) is 19.2 Å². The number of urea groups is 1. The first-order valence-corrected chi connectivity index (χ1v) is 11.9. The highest BCUT2D eigenvalue weighted by atomic mass is 35.5. The lowest BCUT2D eigenvalue weighted by molar-refractivity contribution is -0.140. The first-order chi connectivity index (χ1) is 18.1. The molecule has 0 saturated carbocycles. The second-order valence-corrected chi connectivity index (χ2v) is 9.72. The highest BCUT2D eigenvalue weighted by Crippen LogP contribution is 2.42. The molecule has 1 N–H and O–H groups in total. The zero-order chi connectivity index (χ0) is 30.8. The molecular formula is C25H21Cl2F9N2O2. The molecule has 2 aromatic rings. The van der Waals surface area contributed by atoms with Crippen molar-refractivity contribution >= 4 is 40.8 Å². The number of amides is 2. The van der Waals surface area contributed by atoms with Crippen LogP contribution in [-0.2, 0) is 6.18 Å². The number of likely N-dealkylation sites (N-methyl/N-ethyl adjacent to an activating group) is 1. The standard InChI is InChI=1S/C25H21Cl2F9N2O2/c1-12-6-14(8-18(26)21(12)27)16(24(31,32)33)9-19(28)13-4-5-15(17(7-13)25(34,35)36)20(39)10-38(3)22(40)37-11-23(2,29)30/h4-9,16H,10-11H2,1-3H3,(H,37,40)/b19-9-. The Balaban J connectivity index is 2.45. The molecular weight excluding hydrogens is 602 g/mol. The van der Waals surface area contributed by atoms with Gasteiger partial charge in [-0.2, -0.15) is 26.3 Å². The van der Waals surface area contributed by atoms with Crippen LogP contribution in [0.5, 0.6) is 0 Å². The van der Waals surface area contributed by atoms with Crippen LogP contribution in [0.4, 0.5) is 44.3 Å². The molecule has 4 nitrogen and oxygen atoms in total. The van der Waals surface area contributed by atoms with E-state index in [1.54, 1.807) is 5.32 Å². The highest BCUT2D eigenvalue weighted by molar-refractivity contribution is 6.42. The molecule has 2 aromatic carbocycles. The Labute approximate surface area is 232 Å². The van der Waals surface area contributed by atoms with Gasteiger partial charge in [-0.1, -0.05) is 41.4 Å². The molecule has 0 aliphatic heterocycles. The van der Waals surface area contributed by atoms with E-state index in [1.807, 2.05) is 0 Å². The van der Waals surface area contributed by atoms with E-state index in [9.17, 15) is 44.7 Å². The number of benzene rings is 2. The Bertz CT molecular complexity index is 1280. The normalized spacial score (nSPS) is 13.7. The van der Waals surface area contributed by atoms with Crippen molar-refractivity contribution in [3.05, 3.63) is 74.3 Å². The Morgan fingerprint density at radius 2 is 1.62 bits per heavy atom. The van der Waals surface area contributed by atoms with Crippen LogP contribution in [0, 0.1) is 6.92 Å². The summed E-state index contributed by atoms with van der Waals surface area (Å²) in [5.41, 5.74) is -3.97.